The number of nitrogens with two attached hydrogens (primary N) is 1. The van der Waals surface area contributed by atoms with Gasteiger partial charge in [-0.05, 0) is 43.9 Å². The van der Waals surface area contributed by atoms with E-state index in [2.05, 4.69) is 4.72 Å². The molecule has 0 spiro atoms. The van der Waals surface area contributed by atoms with E-state index >= 15 is 0 Å². The van der Waals surface area contributed by atoms with Crippen LogP contribution in [0.4, 0.5) is 0 Å². The molecule has 0 bridgehead atoms. The summed E-state index contributed by atoms with van der Waals surface area (Å²) in [5, 5.41) is 0. The zero-order valence-electron chi connectivity index (χ0n) is 8.98. The van der Waals surface area contributed by atoms with E-state index in [0.717, 1.165) is 24.1 Å². The Labute approximate surface area is 99.9 Å². The van der Waals surface area contributed by atoms with Gasteiger partial charge in [0.25, 0.3) is 0 Å². The van der Waals surface area contributed by atoms with E-state index < -0.39 is 10.0 Å². The van der Waals surface area contributed by atoms with Crippen LogP contribution in [0.1, 0.15) is 17.7 Å². The number of nitrogens with one attached hydrogen (secondary N) is 1. The molecule has 16 heavy (non-hydrogen) atoms. The molecule has 0 aromatic carbocycles. The molecule has 0 radical (unpaired) electrons. The summed E-state index contributed by atoms with van der Waals surface area (Å²) < 4.78 is 26.7. The second-order valence-corrected chi connectivity index (χ2v) is 7.22. The topological polar surface area (TPSA) is 72.2 Å². The smallest absolute Gasteiger partial charge is 0.250 e. The van der Waals surface area contributed by atoms with Gasteiger partial charge in [-0.15, -0.1) is 11.3 Å². The van der Waals surface area contributed by atoms with Gasteiger partial charge in [-0.1, -0.05) is 0 Å². The van der Waals surface area contributed by atoms with Crippen molar-refractivity contribution in [2.24, 2.45) is 11.7 Å². The predicted molar refractivity (Wildman–Crippen MR) is 65.0 cm³/mol. The fourth-order valence-corrected chi connectivity index (χ4v) is 3.93. The maximum Gasteiger partial charge on any atom is 0.250 e. The fourth-order valence-electron chi connectivity index (χ4n) is 1.40. The summed E-state index contributed by atoms with van der Waals surface area (Å²) >= 11 is 1.31. The van der Waals surface area contributed by atoms with Crippen LogP contribution in [0.3, 0.4) is 0 Å². The lowest BCUT2D eigenvalue weighted by molar-refractivity contribution is 0.579. The summed E-state index contributed by atoms with van der Waals surface area (Å²) in [5.74, 6) is 0.554. The number of rotatable bonds is 6. The normalized spacial score (nSPS) is 16.6. The van der Waals surface area contributed by atoms with E-state index in [1.807, 2.05) is 6.07 Å². The molecular formula is C10H16N2O2S2. The number of hydrogen-bond acceptors (Lipinski definition) is 4. The minimum atomic E-state index is -3.29. The highest BCUT2D eigenvalue weighted by molar-refractivity contribution is 7.91. The molecular weight excluding hydrogens is 244 g/mol. The zero-order valence-corrected chi connectivity index (χ0v) is 10.6. The first kappa shape index (κ1) is 12.0. The third kappa shape index (κ3) is 3.04. The van der Waals surface area contributed by atoms with Crippen LogP contribution in [0.25, 0.3) is 0 Å². The average Bonchev–Trinajstić information content (AvgIpc) is 2.95. The maximum atomic E-state index is 11.9. The first-order chi connectivity index (χ1) is 7.62. The second-order valence-electron chi connectivity index (χ2n) is 4.05. The van der Waals surface area contributed by atoms with Gasteiger partial charge in [0, 0.05) is 11.4 Å². The van der Waals surface area contributed by atoms with Crippen molar-refractivity contribution in [3.63, 3.8) is 0 Å². The van der Waals surface area contributed by atoms with Crippen molar-refractivity contribution in [3.8, 4) is 0 Å². The molecule has 6 heteroatoms. The number of sulfonamides is 1. The van der Waals surface area contributed by atoms with Gasteiger partial charge < -0.3 is 5.73 Å². The van der Waals surface area contributed by atoms with E-state index in [4.69, 9.17) is 5.73 Å². The van der Waals surface area contributed by atoms with Crippen molar-refractivity contribution in [2.45, 2.75) is 23.5 Å². The molecule has 1 aliphatic rings. The van der Waals surface area contributed by atoms with Crippen LogP contribution in [0.2, 0.25) is 0 Å². The summed E-state index contributed by atoms with van der Waals surface area (Å²) in [7, 11) is -3.29. The molecule has 90 valence electrons. The van der Waals surface area contributed by atoms with Gasteiger partial charge in [0.1, 0.15) is 4.21 Å². The van der Waals surface area contributed by atoms with Gasteiger partial charge >= 0.3 is 0 Å². The fraction of sp³-hybridized carbons (Fsp3) is 0.600. The summed E-state index contributed by atoms with van der Waals surface area (Å²) in [4.78, 5) is 1.02. The van der Waals surface area contributed by atoms with Crippen molar-refractivity contribution in [2.75, 3.05) is 13.1 Å². The Morgan fingerprint density at radius 2 is 2.19 bits per heavy atom. The van der Waals surface area contributed by atoms with E-state index in [0.29, 0.717) is 23.2 Å². The third-order valence-corrected chi connectivity index (χ3v) is 5.61. The van der Waals surface area contributed by atoms with Crippen LogP contribution in [-0.4, -0.2) is 21.5 Å². The Morgan fingerprint density at radius 1 is 1.44 bits per heavy atom. The van der Waals surface area contributed by atoms with Gasteiger partial charge in [-0.3, -0.25) is 0 Å². The highest BCUT2D eigenvalue weighted by atomic mass is 32.2. The van der Waals surface area contributed by atoms with Crippen molar-refractivity contribution in [3.05, 3.63) is 17.0 Å². The van der Waals surface area contributed by atoms with Gasteiger partial charge in [-0.2, -0.15) is 0 Å². The number of hydrogen-bond donors (Lipinski definition) is 2. The standard InChI is InChI=1S/C10H16N2O2S2/c11-6-5-9-3-4-10(15-9)16(13,14)12-7-8-1-2-8/h3-4,8,12H,1-2,5-7,11H2. The molecule has 0 amide bonds. The Morgan fingerprint density at radius 3 is 2.81 bits per heavy atom. The molecule has 0 atom stereocenters. The molecule has 3 N–H and O–H groups in total. The van der Waals surface area contributed by atoms with Gasteiger partial charge in [0.15, 0.2) is 0 Å². The molecule has 2 rings (SSSR count). The lowest BCUT2D eigenvalue weighted by Gasteiger charge is -2.02. The lowest BCUT2D eigenvalue weighted by Crippen LogP contribution is -2.25. The lowest BCUT2D eigenvalue weighted by atomic mass is 10.3. The minimum Gasteiger partial charge on any atom is -0.330 e. The van der Waals surface area contributed by atoms with Gasteiger partial charge in [0.2, 0.25) is 10.0 Å². The summed E-state index contributed by atoms with van der Waals surface area (Å²) in [5.41, 5.74) is 5.43. The van der Waals surface area contributed by atoms with Crippen LogP contribution < -0.4 is 10.5 Å². The third-order valence-electron chi connectivity index (χ3n) is 2.55. The van der Waals surface area contributed by atoms with E-state index in [-0.39, 0.29) is 0 Å². The first-order valence-electron chi connectivity index (χ1n) is 5.40. The van der Waals surface area contributed by atoms with Crippen molar-refractivity contribution < 1.29 is 8.42 Å². The molecule has 1 aromatic rings. The molecule has 4 nitrogen and oxygen atoms in total. The Kier molecular flexibility index (Phi) is 3.63. The molecule has 0 unspecified atom stereocenters. The second kappa shape index (κ2) is 4.83. The van der Waals surface area contributed by atoms with E-state index in [1.54, 1.807) is 6.07 Å². The van der Waals surface area contributed by atoms with Crippen LogP contribution >= 0.6 is 11.3 Å². The van der Waals surface area contributed by atoms with Crippen molar-refractivity contribution >= 4 is 21.4 Å². The summed E-state index contributed by atoms with van der Waals surface area (Å²) in [6.07, 6.45) is 3.03. The summed E-state index contributed by atoms with van der Waals surface area (Å²) in [6.45, 7) is 1.13. The zero-order chi connectivity index (χ0) is 11.6. The average molecular weight is 260 g/mol. The van der Waals surface area contributed by atoms with Gasteiger partial charge in [0.05, 0.1) is 0 Å². The molecule has 1 heterocycles. The monoisotopic (exact) mass is 260 g/mol. The van der Waals surface area contributed by atoms with Crippen LogP contribution in [-0.2, 0) is 16.4 Å². The molecule has 1 saturated carbocycles. The molecule has 1 aromatic heterocycles. The van der Waals surface area contributed by atoms with E-state index in [1.165, 1.54) is 11.3 Å². The van der Waals surface area contributed by atoms with Crippen LogP contribution in [0.15, 0.2) is 16.3 Å². The largest absolute Gasteiger partial charge is 0.330 e. The van der Waals surface area contributed by atoms with Crippen LogP contribution in [0, 0.1) is 5.92 Å². The minimum absolute atomic E-state index is 0.400. The van der Waals surface area contributed by atoms with Crippen molar-refractivity contribution in [1.29, 1.82) is 0 Å². The first-order valence-corrected chi connectivity index (χ1v) is 7.70. The summed E-state index contributed by atoms with van der Waals surface area (Å²) in [6, 6.07) is 3.49. The Bertz CT molecular complexity index is 449. The Balaban J connectivity index is 2.02. The molecule has 0 aliphatic heterocycles. The quantitative estimate of drug-likeness (QED) is 0.799. The molecule has 1 fully saturated rings. The van der Waals surface area contributed by atoms with Crippen molar-refractivity contribution in [1.82, 2.24) is 4.72 Å². The highest BCUT2D eigenvalue weighted by Crippen LogP contribution is 2.29. The van der Waals surface area contributed by atoms with Gasteiger partial charge in [-0.25, -0.2) is 13.1 Å². The highest BCUT2D eigenvalue weighted by Gasteiger charge is 2.24. The molecule has 1 aliphatic carbocycles. The number of thiophene rings is 1. The SMILES string of the molecule is NCCc1ccc(S(=O)(=O)NCC2CC2)s1. The Hall–Kier alpha value is -0.430. The van der Waals surface area contributed by atoms with E-state index in [9.17, 15) is 8.42 Å². The maximum absolute atomic E-state index is 11.9. The molecule has 0 saturated heterocycles. The van der Waals surface area contributed by atoms with Crippen LogP contribution in [0.5, 0.6) is 0 Å². The predicted octanol–water partition coefficient (Wildman–Crippen LogP) is 0.938.